The molecular formula is C14H2Br3F4O4-. The van der Waals surface area contributed by atoms with Crippen LogP contribution in [0.3, 0.4) is 0 Å². The molecule has 0 radical (unpaired) electrons. The predicted octanol–water partition coefficient (Wildman–Crippen LogP) is 4.11. The number of aromatic carboxylic acids is 1. The van der Waals surface area contributed by atoms with Crippen LogP contribution in [-0.2, 0) is 0 Å². The van der Waals surface area contributed by atoms with Crippen LogP contribution in [0.1, 0.15) is 20.7 Å². The van der Waals surface area contributed by atoms with Gasteiger partial charge in [-0.1, -0.05) is 15.9 Å². The number of ether oxygens (including phenoxy) is 1. The Labute approximate surface area is 162 Å². The Hall–Kier alpha value is -1.46. The fourth-order valence-electron chi connectivity index (χ4n) is 1.79. The van der Waals surface area contributed by atoms with Crippen LogP contribution in [0.4, 0.5) is 17.6 Å². The first kappa shape index (κ1) is 19.9. The molecule has 0 aromatic heterocycles. The second-order valence-corrected chi connectivity index (χ2v) is 7.01. The SMILES string of the molecule is O=C([O-])c1c(F)c(F)c(F)c(F)c1C(=O)Oc1c(Br)cc(Br)cc1Br. The van der Waals surface area contributed by atoms with Gasteiger partial charge in [-0.05, 0) is 44.0 Å². The molecule has 0 aliphatic heterocycles. The molecule has 0 saturated carbocycles. The third-order valence-electron chi connectivity index (χ3n) is 2.83. The Balaban J connectivity index is 2.63. The predicted molar refractivity (Wildman–Crippen MR) is 85.1 cm³/mol. The summed E-state index contributed by atoms with van der Waals surface area (Å²) in [6.07, 6.45) is 0. The van der Waals surface area contributed by atoms with Crippen molar-refractivity contribution in [2.75, 3.05) is 0 Å². The summed E-state index contributed by atoms with van der Waals surface area (Å²) in [6.45, 7) is 0. The van der Waals surface area contributed by atoms with Crippen molar-refractivity contribution in [1.29, 1.82) is 0 Å². The number of carboxylic acids is 1. The van der Waals surface area contributed by atoms with E-state index >= 15 is 0 Å². The lowest BCUT2D eigenvalue weighted by molar-refractivity contribution is -0.255. The molecule has 0 unspecified atom stereocenters. The summed E-state index contributed by atoms with van der Waals surface area (Å²) in [6, 6.07) is 2.85. The summed E-state index contributed by atoms with van der Waals surface area (Å²) < 4.78 is 59.8. The molecule has 0 atom stereocenters. The van der Waals surface area contributed by atoms with Gasteiger partial charge in [0.1, 0.15) is 5.56 Å². The van der Waals surface area contributed by atoms with Crippen LogP contribution in [0.15, 0.2) is 25.6 Å². The molecule has 11 heteroatoms. The van der Waals surface area contributed by atoms with Gasteiger partial charge >= 0.3 is 5.97 Å². The average Bonchev–Trinajstić information content (AvgIpc) is 2.51. The van der Waals surface area contributed by atoms with Gasteiger partial charge in [0.05, 0.1) is 20.5 Å². The van der Waals surface area contributed by atoms with E-state index in [4.69, 9.17) is 4.74 Å². The molecule has 0 aliphatic carbocycles. The maximum atomic E-state index is 13.9. The molecule has 25 heavy (non-hydrogen) atoms. The van der Waals surface area contributed by atoms with Crippen molar-refractivity contribution in [1.82, 2.24) is 0 Å². The first-order valence-electron chi connectivity index (χ1n) is 6.00. The fourth-order valence-corrected chi connectivity index (χ4v) is 4.21. The van der Waals surface area contributed by atoms with Gasteiger partial charge in [-0.3, -0.25) is 0 Å². The molecule has 0 bridgehead atoms. The molecule has 0 amide bonds. The topological polar surface area (TPSA) is 66.4 Å². The van der Waals surface area contributed by atoms with Crippen LogP contribution in [-0.4, -0.2) is 11.9 Å². The summed E-state index contributed by atoms with van der Waals surface area (Å²) in [5.74, 6) is -13.7. The van der Waals surface area contributed by atoms with Gasteiger partial charge in [0.25, 0.3) is 0 Å². The smallest absolute Gasteiger partial charge is 0.347 e. The summed E-state index contributed by atoms with van der Waals surface area (Å²) in [5.41, 5.74) is -3.43. The quantitative estimate of drug-likeness (QED) is 0.190. The number of esters is 1. The van der Waals surface area contributed by atoms with E-state index in [0.717, 1.165) is 0 Å². The lowest BCUT2D eigenvalue weighted by Gasteiger charge is -2.15. The molecular weight excluding hydrogens is 548 g/mol. The highest BCUT2D eigenvalue weighted by molar-refractivity contribution is 9.11. The van der Waals surface area contributed by atoms with Gasteiger partial charge in [-0.25, -0.2) is 22.4 Å². The lowest BCUT2D eigenvalue weighted by Crippen LogP contribution is -2.30. The highest BCUT2D eigenvalue weighted by Crippen LogP contribution is 2.37. The lowest BCUT2D eigenvalue weighted by atomic mass is 10.1. The highest BCUT2D eigenvalue weighted by Gasteiger charge is 2.31. The highest BCUT2D eigenvalue weighted by atomic mass is 79.9. The summed E-state index contributed by atoms with van der Waals surface area (Å²) in [4.78, 5) is 23.1. The molecule has 0 heterocycles. The molecule has 0 saturated heterocycles. The van der Waals surface area contributed by atoms with E-state index in [1.165, 1.54) is 12.1 Å². The van der Waals surface area contributed by atoms with Crippen molar-refractivity contribution >= 4 is 59.7 Å². The molecule has 0 fully saturated rings. The number of carbonyl (C=O) groups is 2. The maximum Gasteiger partial charge on any atom is 0.347 e. The van der Waals surface area contributed by atoms with Gasteiger partial charge in [-0.2, -0.15) is 0 Å². The fraction of sp³-hybridized carbons (Fsp3) is 0. The van der Waals surface area contributed by atoms with Crippen LogP contribution in [0.5, 0.6) is 5.75 Å². The van der Waals surface area contributed by atoms with Crippen molar-refractivity contribution in [3.8, 4) is 5.75 Å². The summed E-state index contributed by atoms with van der Waals surface area (Å²) in [7, 11) is 0. The number of carboxylic acid groups (broad SMARTS) is 1. The van der Waals surface area contributed by atoms with E-state index < -0.39 is 46.3 Å². The molecule has 0 N–H and O–H groups in total. The molecule has 4 nitrogen and oxygen atoms in total. The first-order valence-corrected chi connectivity index (χ1v) is 8.38. The third-order valence-corrected chi connectivity index (χ3v) is 4.47. The molecule has 2 aromatic carbocycles. The molecule has 0 spiro atoms. The largest absolute Gasteiger partial charge is 0.545 e. The van der Waals surface area contributed by atoms with Crippen molar-refractivity contribution in [3.05, 3.63) is 59.9 Å². The van der Waals surface area contributed by atoms with Crippen LogP contribution >= 0.6 is 47.8 Å². The van der Waals surface area contributed by atoms with E-state index in [9.17, 15) is 32.3 Å². The number of hydrogen-bond donors (Lipinski definition) is 0. The Morgan fingerprint density at radius 1 is 0.840 bits per heavy atom. The normalized spacial score (nSPS) is 10.7. The van der Waals surface area contributed by atoms with Crippen LogP contribution < -0.4 is 9.84 Å². The molecule has 0 aliphatic rings. The number of rotatable bonds is 3. The number of hydrogen-bond acceptors (Lipinski definition) is 4. The Bertz CT molecular complexity index is 895. The minimum Gasteiger partial charge on any atom is -0.545 e. The second-order valence-electron chi connectivity index (χ2n) is 4.38. The van der Waals surface area contributed by atoms with Crippen LogP contribution in [0.25, 0.3) is 0 Å². The second kappa shape index (κ2) is 7.42. The Kier molecular flexibility index (Phi) is 5.89. The average molecular weight is 550 g/mol. The number of halogens is 7. The van der Waals surface area contributed by atoms with Gasteiger partial charge < -0.3 is 14.6 Å². The Morgan fingerprint density at radius 2 is 1.28 bits per heavy atom. The zero-order valence-corrected chi connectivity index (χ0v) is 16.2. The van der Waals surface area contributed by atoms with Crippen molar-refractivity contribution < 1.29 is 37.0 Å². The van der Waals surface area contributed by atoms with Gasteiger partial charge in [0.15, 0.2) is 29.0 Å². The van der Waals surface area contributed by atoms with Gasteiger partial charge in [0, 0.05) is 4.47 Å². The van der Waals surface area contributed by atoms with Crippen molar-refractivity contribution in [2.45, 2.75) is 0 Å². The molecule has 2 rings (SSSR count). The van der Waals surface area contributed by atoms with Crippen LogP contribution in [0, 0.1) is 23.3 Å². The van der Waals surface area contributed by atoms with E-state index in [-0.39, 0.29) is 14.7 Å². The number of benzene rings is 2. The van der Waals surface area contributed by atoms with E-state index in [0.29, 0.717) is 4.47 Å². The zero-order chi connectivity index (χ0) is 19.0. The summed E-state index contributed by atoms with van der Waals surface area (Å²) in [5, 5.41) is 11.0. The molecule has 2 aromatic rings. The monoisotopic (exact) mass is 547 g/mol. The number of carbonyl (C=O) groups excluding carboxylic acids is 2. The van der Waals surface area contributed by atoms with Gasteiger partial charge in [-0.15, -0.1) is 0 Å². The maximum absolute atomic E-state index is 13.9. The minimum atomic E-state index is -2.42. The van der Waals surface area contributed by atoms with Crippen LogP contribution in [0.2, 0.25) is 0 Å². The zero-order valence-electron chi connectivity index (χ0n) is 11.4. The Morgan fingerprint density at radius 3 is 1.72 bits per heavy atom. The van der Waals surface area contributed by atoms with Crippen molar-refractivity contribution in [3.63, 3.8) is 0 Å². The van der Waals surface area contributed by atoms with E-state index in [1.54, 1.807) is 0 Å². The van der Waals surface area contributed by atoms with E-state index in [1.807, 2.05) is 0 Å². The standard InChI is InChI=1S/C14H3Br3F4O4/c15-3-1-4(16)12(5(17)2-3)25-14(24)7-6(13(22)23)8(18)10(20)11(21)9(7)19/h1-2H,(H,22,23)/p-1. The summed E-state index contributed by atoms with van der Waals surface area (Å²) >= 11 is 9.22. The third kappa shape index (κ3) is 3.72. The van der Waals surface area contributed by atoms with E-state index in [2.05, 4.69) is 47.8 Å². The molecule has 132 valence electrons. The minimum absolute atomic E-state index is 0.167. The van der Waals surface area contributed by atoms with Gasteiger partial charge in [0.2, 0.25) is 0 Å². The van der Waals surface area contributed by atoms with Crippen molar-refractivity contribution in [2.24, 2.45) is 0 Å². The first-order chi connectivity index (χ1) is 11.6.